The number of piperidine rings is 1. The van der Waals surface area contributed by atoms with Crippen molar-refractivity contribution in [2.45, 2.75) is 50.4 Å². The second-order valence-corrected chi connectivity index (χ2v) is 7.70. The molecule has 3 atom stereocenters. The summed E-state index contributed by atoms with van der Waals surface area (Å²) >= 11 is 0. The van der Waals surface area contributed by atoms with Gasteiger partial charge in [-0.2, -0.15) is 4.98 Å². The van der Waals surface area contributed by atoms with Gasteiger partial charge in [0, 0.05) is 30.9 Å². The Labute approximate surface area is 170 Å². The average molecular weight is 397 g/mol. The van der Waals surface area contributed by atoms with Crippen LogP contribution >= 0.6 is 0 Å². The Bertz CT molecular complexity index is 859. The van der Waals surface area contributed by atoms with Crippen LogP contribution < -0.4 is 20.5 Å². The first-order chi connectivity index (χ1) is 14.1. The van der Waals surface area contributed by atoms with E-state index in [1.807, 2.05) is 12.1 Å². The van der Waals surface area contributed by atoms with Crippen molar-refractivity contribution in [3.63, 3.8) is 0 Å². The normalized spacial score (nSPS) is 23.6. The van der Waals surface area contributed by atoms with Gasteiger partial charge in [0.1, 0.15) is 11.3 Å². The summed E-state index contributed by atoms with van der Waals surface area (Å²) in [5, 5.41) is 3.15. The second kappa shape index (κ2) is 8.24. The van der Waals surface area contributed by atoms with Crippen molar-refractivity contribution in [1.29, 1.82) is 0 Å². The fourth-order valence-electron chi connectivity index (χ4n) is 4.55. The number of methoxy groups -OCH3 is 2. The topological polar surface area (TPSA) is 103 Å². The third-order valence-corrected chi connectivity index (χ3v) is 5.95. The summed E-state index contributed by atoms with van der Waals surface area (Å²) in [5.41, 5.74) is 7.18. The Hall–Kier alpha value is -2.87. The number of nitrogens with one attached hydrogen (secondary N) is 1. The molecule has 29 heavy (non-hydrogen) atoms. The van der Waals surface area contributed by atoms with Crippen molar-refractivity contribution < 1.29 is 14.3 Å². The van der Waals surface area contributed by atoms with Crippen molar-refractivity contribution in [3.8, 4) is 11.6 Å². The monoisotopic (exact) mass is 397 g/mol. The number of aromatic nitrogens is 2. The number of carbonyl (C=O) groups is 1. The minimum Gasteiger partial charge on any atom is -0.497 e. The van der Waals surface area contributed by atoms with Crippen LogP contribution in [0.5, 0.6) is 11.6 Å². The van der Waals surface area contributed by atoms with Crippen molar-refractivity contribution in [1.82, 2.24) is 20.2 Å². The van der Waals surface area contributed by atoms with Gasteiger partial charge in [0.2, 0.25) is 11.8 Å². The number of carbonyl (C=O) groups excluding carboxylic acids is 1. The van der Waals surface area contributed by atoms with Crippen LogP contribution in [0.3, 0.4) is 0 Å². The predicted molar refractivity (Wildman–Crippen MR) is 109 cm³/mol. The SMILES string of the molecule is COc1ccc(CN2[C@@H]3CC[C@H]2CC(NC(=O)c2cnc(N)nc2OC)C3)cc1. The van der Waals surface area contributed by atoms with Crippen molar-refractivity contribution in [2.24, 2.45) is 0 Å². The zero-order chi connectivity index (χ0) is 20.4. The number of ether oxygens (including phenoxy) is 2. The molecule has 0 saturated carbocycles. The largest absolute Gasteiger partial charge is 0.497 e. The van der Waals surface area contributed by atoms with E-state index in [1.54, 1.807) is 7.11 Å². The highest BCUT2D eigenvalue weighted by Crippen LogP contribution is 2.37. The summed E-state index contributed by atoms with van der Waals surface area (Å²) in [4.78, 5) is 23.2. The number of nitrogen functional groups attached to an aromatic ring is 1. The van der Waals surface area contributed by atoms with Crippen LogP contribution in [0.15, 0.2) is 30.5 Å². The van der Waals surface area contributed by atoms with Gasteiger partial charge in [-0.1, -0.05) is 12.1 Å². The van der Waals surface area contributed by atoms with E-state index in [1.165, 1.54) is 31.7 Å². The first-order valence-electron chi connectivity index (χ1n) is 9.93. The van der Waals surface area contributed by atoms with Gasteiger partial charge in [-0.3, -0.25) is 9.69 Å². The molecule has 0 radical (unpaired) electrons. The highest BCUT2D eigenvalue weighted by molar-refractivity contribution is 5.96. The molecular formula is C21H27N5O3. The van der Waals surface area contributed by atoms with Gasteiger partial charge in [-0.05, 0) is 43.4 Å². The lowest BCUT2D eigenvalue weighted by Crippen LogP contribution is -2.50. The van der Waals surface area contributed by atoms with Gasteiger partial charge >= 0.3 is 0 Å². The van der Waals surface area contributed by atoms with Gasteiger partial charge in [-0.25, -0.2) is 4.98 Å². The molecule has 1 aromatic heterocycles. The number of fused-ring (bicyclic) bond motifs is 2. The molecule has 0 aliphatic carbocycles. The third-order valence-electron chi connectivity index (χ3n) is 5.95. The van der Waals surface area contributed by atoms with Gasteiger partial charge < -0.3 is 20.5 Å². The van der Waals surface area contributed by atoms with Gasteiger partial charge in [0.15, 0.2) is 0 Å². The Morgan fingerprint density at radius 2 is 1.86 bits per heavy atom. The van der Waals surface area contributed by atoms with Crippen LogP contribution in [0.4, 0.5) is 5.95 Å². The molecule has 154 valence electrons. The van der Waals surface area contributed by atoms with E-state index in [0.717, 1.165) is 25.1 Å². The summed E-state index contributed by atoms with van der Waals surface area (Å²) in [6.07, 6.45) is 5.64. The minimum absolute atomic E-state index is 0.0864. The summed E-state index contributed by atoms with van der Waals surface area (Å²) in [6, 6.07) is 9.35. The molecular weight excluding hydrogens is 370 g/mol. The summed E-state index contributed by atoms with van der Waals surface area (Å²) in [5.74, 6) is 0.952. The van der Waals surface area contributed by atoms with Crippen LogP contribution in [0.1, 0.15) is 41.6 Å². The van der Waals surface area contributed by atoms with Crippen LogP contribution in [-0.4, -0.2) is 53.1 Å². The van der Waals surface area contributed by atoms with E-state index in [4.69, 9.17) is 15.2 Å². The number of anilines is 1. The first-order valence-corrected chi connectivity index (χ1v) is 9.93. The van der Waals surface area contributed by atoms with E-state index in [0.29, 0.717) is 17.6 Å². The summed E-state index contributed by atoms with van der Waals surface area (Å²) in [7, 11) is 3.15. The molecule has 2 aliphatic heterocycles. The fourth-order valence-corrected chi connectivity index (χ4v) is 4.55. The molecule has 2 bridgehead atoms. The molecule has 1 amide bonds. The average Bonchev–Trinajstić information content (AvgIpc) is 2.96. The Morgan fingerprint density at radius 1 is 1.17 bits per heavy atom. The maximum absolute atomic E-state index is 12.7. The smallest absolute Gasteiger partial charge is 0.258 e. The summed E-state index contributed by atoms with van der Waals surface area (Å²) in [6.45, 7) is 0.930. The zero-order valence-electron chi connectivity index (χ0n) is 16.8. The molecule has 2 fully saturated rings. The van der Waals surface area contributed by atoms with E-state index in [9.17, 15) is 4.79 Å². The molecule has 3 N–H and O–H groups in total. The third kappa shape index (κ3) is 4.12. The number of amides is 1. The van der Waals surface area contributed by atoms with Crippen LogP contribution in [0, 0.1) is 0 Å². The molecule has 4 rings (SSSR count). The number of rotatable bonds is 6. The second-order valence-electron chi connectivity index (χ2n) is 7.70. The van der Waals surface area contributed by atoms with E-state index in [-0.39, 0.29) is 23.8 Å². The highest BCUT2D eigenvalue weighted by atomic mass is 16.5. The Kier molecular flexibility index (Phi) is 5.53. The van der Waals surface area contributed by atoms with Gasteiger partial charge in [-0.15, -0.1) is 0 Å². The van der Waals surface area contributed by atoms with Crippen LogP contribution in [-0.2, 0) is 6.54 Å². The van der Waals surface area contributed by atoms with Gasteiger partial charge in [0.25, 0.3) is 5.91 Å². The lowest BCUT2D eigenvalue weighted by molar-refractivity contribution is 0.0824. The van der Waals surface area contributed by atoms with Crippen molar-refractivity contribution in [3.05, 3.63) is 41.6 Å². The highest BCUT2D eigenvalue weighted by Gasteiger charge is 2.41. The molecule has 2 aliphatic rings. The van der Waals surface area contributed by atoms with Crippen molar-refractivity contribution >= 4 is 11.9 Å². The number of hydrogen-bond donors (Lipinski definition) is 2. The molecule has 2 aromatic rings. The van der Waals surface area contributed by atoms with E-state index in [2.05, 4.69) is 32.3 Å². The number of nitrogens with two attached hydrogens (primary N) is 1. The molecule has 1 aromatic carbocycles. The molecule has 0 spiro atoms. The van der Waals surface area contributed by atoms with Crippen LogP contribution in [0.25, 0.3) is 0 Å². The molecule has 2 saturated heterocycles. The quantitative estimate of drug-likeness (QED) is 0.768. The maximum Gasteiger partial charge on any atom is 0.258 e. The van der Waals surface area contributed by atoms with E-state index < -0.39 is 0 Å². The standard InChI is InChI=1S/C21H27N5O3/c1-28-17-7-3-13(4-8-17)12-26-15-5-6-16(26)10-14(9-15)24-19(27)18-11-23-21(22)25-20(18)29-2/h3-4,7-8,11,14-16H,5-6,9-10,12H2,1-2H3,(H,24,27)(H2,22,23,25)/t14?,15-,16+. The lowest BCUT2D eigenvalue weighted by Gasteiger charge is -2.39. The number of hydrogen-bond acceptors (Lipinski definition) is 7. The minimum atomic E-state index is -0.213. The molecule has 1 unspecified atom stereocenters. The Balaban J connectivity index is 1.39. The molecule has 3 heterocycles. The summed E-state index contributed by atoms with van der Waals surface area (Å²) < 4.78 is 10.4. The first kappa shape index (κ1) is 19.4. The van der Waals surface area contributed by atoms with E-state index >= 15 is 0 Å². The lowest BCUT2D eigenvalue weighted by atomic mass is 9.96. The van der Waals surface area contributed by atoms with Crippen LogP contribution in [0.2, 0.25) is 0 Å². The number of benzene rings is 1. The van der Waals surface area contributed by atoms with Gasteiger partial charge in [0.05, 0.1) is 14.2 Å². The fraction of sp³-hybridized carbons (Fsp3) is 0.476. The predicted octanol–water partition coefficient (Wildman–Crippen LogP) is 2.00. The Morgan fingerprint density at radius 3 is 2.48 bits per heavy atom. The zero-order valence-corrected chi connectivity index (χ0v) is 16.8. The molecule has 8 heteroatoms. The molecule has 8 nitrogen and oxygen atoms in total. The van der Waals surface area contributed by atoms with Crippen molar-refractivity contribution in [2.75, 3.05) is 20.0 Å². The maximum atomic E-state index is 12.7. The number of nitrogens with zero attached hydrogens (tertiary/aromatic N) is 3.